The van der Waals surface area contributed by atoms with Gasteiger partial charge >= 0.3 is 0 Å². The number of para-hydroxylation sites is 1. The standard InChI is InChI=1S/C21H21N7O2/c1-14(29)27-19(8-16-11-23-18-5-3-2-4-17(16)18)21(30)25-10-15-6-7-20(24-9-15)28-13-22-12-26-28/h2-7,9,11-13,19,23H,8,10H2,1H3,(H,25,30)(H,27,29)/t19-/m0/s1. The highest BCUT2D eigenvalue weighted by Gasteiger charge is 2.21. The Bertz CT molecular complexity index is 1150. The largest absolute Gasteiger partial charge is 0.361 e. The Kier molecular flexibility index (Phi) is 5.51. The number of aromatic amines is 1. The molecule has 0 unspecified atom stereocenters. The minimum atomic E-state index is -0.677. The third kappa shape index (κ3) is 4.35. The number of hydrogen-bond donors (Lipinski definition) is 3. The number of H-pyrrole nitrogens is 1. The number of hydrogen-bond acceptors (Lipinski definition) is 5. The quantitative estimate of drug-likeness (QED) is 0.432. The summed E-state index contributed by atoms with van der Waals surface area (Å²) in [5, 5.41) is 10.7. The lowest BCUT2D eigenvalue weighted by molar-refractivity contribution is -0.128. The van der Waals surface area contributed by atoms with Crippen LogP contribution in [0.5, 0.6) is 0 Å². The number of carbonyl (C=O) groups is 2. The maximum atomic E-state index is 12.8. The van der Waals surface area contributed by atoms with Gasteiger partial charge in [-0.05, 0) is 23.3 Å². The van der Waals surface area contributed by atoms with Crippen molar-refractivity contribution >= 4 is 22.7 Å². The molecule has 0 saturated carbocycles. The van der Waals surface area contributed by atoms with E-state index in [1.165, 1.54) is 13.3 Å². The summed E-state index contributed by atoms with van der Waals surface area (Å²) < 4.78 is 1.55. The van der Waals surface area contributed by atoms with Crippen LogP contribution in [-0.2, 0) is 22.6 Å². The molecule has 0 bridgehead atoms. The van der Waals surface area contributed by atoms with E-state index in [2.05, 4.69) is 30.7 Å². The number of aromatic nitrogens is 5. The van der Waals surface area contributed by atoms with Gasteiger partial charge in [0, 0.05) is 43.2 Å². The maximum Gasteiger partial charge on any atom is 0.243 e. The lowest BCUT2D eigenvalue weighted by atomic mass is 10.0. The van der Waals surface area contributed by atoms with Crippen molar-refractivity contribution in [3.05, 3.63) is 72.6 Å². The van der Waals surface area contributed by atoms with Crippen molar-refractivity contribution in [2.75, 3.05) is 0 Å². The first kappa shape index (κ1) is 19.3. The first-order chi connectivity index (χ1) is 14.6. The fourth-order valence-corrected chi connectivity index (χ4v) is 3.27. The Balaban J connectivity index is 1.42. The van der Waals surface area contributed by atoms with Gasteiger partial charge in [0.1, 0.15) is 18.7 Å². The van der Waals surface area contributed by atoms with Crippen molar-refractivity contribution in [2.24, 2.45) is 0 Å². The molecule has 0 saturated heterocycles. The zero-order valence-electron chi connectivity index (χ0n) is 16.4. The average molecular weight is 403 g/mol. The van der Waals surface area contributed by atoms with Crippen molar-refractivity contribution in [3.63, 3.8) is 0 Å². The van der Waals surface area contributed by atoms with Crippen molar-refractivity contribution in [1.29, 1.82) is 0 Å². The number of fused-ring (bicyclic) bond motifs is 1. The number of pyridine rings is 1. The molecule has 0 spiro atoms. The van der Waals surface area contributed by atoms with E-state index in [1.807, 2.05) is 36.5 Å². The normalized spacial score (nSPS) is 11.9. The second kappa shape index (κ2) is 8.56. The van der Waals surface area contributed by atoms with Crippen LogP contribution in [0.1, 0.15) is 18.1 Å². The summed E-state index contributed by atoms with van der Waals surface area (Å²) in [6, 6.07) is 10.8. The van der Waals surface area contributed by atoms with E-state index in [-0.39, 0.29) is 11.8 Å². The predicted molar refractivity (Wildman–Crippen MR) is 111 cm³/mol. The van der Waals surface area contributed by atoms with E-state index < -0.39 is 6.04 Å². The number of benzene rings is 1. The molecular weight excluding hydrogens is 382 g/mol. The van der Waals surface area contributed by atoms with Crippen LogP contribution in [0.15, 0.2) is 61.4 Å². The second-order valence-corrected chi connectivity index (χ2v) is 6.90. The molecule has 4 rings (SSSR count). The van der Waals surface area contributed by atoms with E-state index >= 15 is 0 Å². The van der Waals surface area contributed by atoms with Gasteiger partial charge in [0.2, 0.25) is 11.8 Å². The van der Waals surface area contributed by atoms with Gasteiger partial charge in [-0.15, -0.1) is 0 Å². The highest BCUT2D eigenvalue weighted by Crippen LogP contribution is 2.19. The van der Waals surface area contributed by atoms with E-state index in [0.717, 1.165) is 22.0 Å². The van der Waals surface area contributed by atoms with Gasteiger partial charge in [0.15, 0.2) is 5.82 Å². The van der Waals surface area contributed by atoms with Crippen LogP contribution in [0, 0.1) is 0 Å². The molecule has 4 aromatic rings. The van der Waals surface area contributed by atoms with Crippen LogP contribution < -0.4 is 10.6 Å². The van der Waals surface area contributed by atoms with Crippen LogP contribution in [-0.4, -0.2) is 42.6 Å². The molecule has 3 heterocycles. The number of amides is 2. The molecule has 3 N–H and O–H groups in total. The third-order valence-corrected chi connectivity index (χ3v) is 4.72. The van der Waals surface area contributed by atoms with Gasteiger partial charge in [0.25, 0.3) is 0 Å². The zero-order valence-corrected chi connectivity index (χ0v) is 16.4. The van der Waals surface area contributed by atoms with Crippen LogP contribution in [0.2, 0.25) is 0 Å². The highest BCUT2D eigenvalue weighted by molar-refractivity contribution is 5.89. The topological polar surface area (TPSA) is 118 Å². The minimum Gasteiger partial charge on any atom is -0.361 e. The van der Waals surface area contributed by atoms with Gasteiger partial charge < -0.3 is 15.6 Å². The average Bonchev–Trinajstić information content (AvgIpc) is 3.42. The molecule has 0 aliphatic rings. The molecule has 2 amide bonds. The molecule has 1 aromatic carbocycles. The van der Waals surface area contributed by atoms with Gasteiger partial charge in [-0.25, -0.2) is 14.6 Å². The highest BCUT2D eigenvalue weighted by atomic mass is 16.2. The molecule has 0 aliphatic carbocycles. The Morgan fingerprint density at radius 3 is 2.80 bits per heavy atom. The summed E-state index contributed by atoms with van der Waals surface area (Å²) >= 11 is 0. The number of carbonyl (C=O) groups excluding carboxylic acids is 2. The Morgan fingerprint density at radius 1 is 1.20 bits per heavy atom. The minimum absolute atomic E-state index is 0.254. The molecule has 3 aromatic heterocycles. The first-order valence-corrected chi connectivity index (χ1v) is 9.50. The predicted octanol–water partition coefficient (Wildman–Crippen LogP) is 1.51. The molecule has 0 radical (unpaired) electrons. The van der Waals surface area contributed by atoms with Crippen LogP contribution in [0.4, 0.5) is 0 Å². The summed E-state index contributed by atoms with van der Waals surface area (Å²) in [6.07, 6.45) is 6.93. The SMILES string of the molecule is CC(=O)N[C@@H](Cc1c[nH]c2ccccc12)C(=O)NCc1ccc(-n2cncn2)nc1. The smallest absolute Gasteiger partial charge is 0.243 e. The number of nitrogens with zero attached hydrogens (tertiary/aromatic N) is 4. The number of rotatable bonds is 7. The molecule has 0 aliphatic heterocycles. The van der Waals surface area contributed by atoms with Gasteiger partial charge in [-0.3, -0.25) is 9.59 Å². The van der Waals surface area contributed by atoms with Crippen molar-refractivity contribution in [2.45, 2.75) is 25.9 Å². The van der Waals surface area contributed by atoms with Gasteiger partial charge in [-0.1, -0.05) is 24.3 Å². The van der Waals surface area contributed by atoms with Crippen molar-refractivity contribution in [3.8, 4) is 5.82 Å². The molecule has 30 heavy (non-hydrogen) atoms. The van der Waals surface area contributed by atoms with Gasteiger partial charge in [0.05, 0.1) is 0 Å². The summed E-state index contributed by atoms with van der Waals surface area (Å²) in [5.41, 5.74) is 2.80. The fourth-order valence-electron chi connectivity index (χ4n) is 3.27. The lowest BCUT2D eigenvalue weighted by Gasteiger charge is -2.17. The number of nitrogens with one attached hydrogen (secondary N) is 3. The van der Waals surface area contributed by atoms with Crippen molar-refractivity contribution < 1.29 is 9.59 Å². The molecule has 9 nitrogen and oxygen atoms in total. The lowest BCUT2D eigenvalue weighted by Crippen LogP contribution is -2.47. The summed E-state index contributed by atoms with van der Waals surface area (Å²) in [4.78, 5) is 35.9. The Labute approximate surface area is 172 Å². The molecule has 152 valence electrons. The Hall–Kier alpha value is -4.01. The van der Waals surface area contributed by atoms with Crippen LogP contribution >= 0.6 is 0 Å². The monoisotopic (exact) mass is 403 g/mol. The van der Waals surface area contributed by atoms with E-state index in [1.54, 1.807) is 23.3 Å². The maximum absolute atomic E-state index is 12.8. The summed E-state index contributed by atoms with van der Waals surface area (Å²) in [5.74, 6) is 0.128. The van der Waals surface area contributed by atoms with Crippen molar-refractivity contribution in [1.82, 2.24) is 35.4 Å². The summed E-state index contributed by atoms with van der Waals surface area (Å²) in [7, 11) is 0. The first-order valence-electron chi connectivity index (χ1n) is 9.50. The third-order valence-electron chi connectivity index (χ3n) is 4.72. The van der Waals surface area contributed by atoms with Crippen LogP contribution in [0.25, 0.3) is 16.7 Å². The second-order valence-electron chi connectivity index (χ2n) is 6.90. The molecular formula is C21H21N7O2. The van der Waals surface area contributed by atoms with E-state index in [4.69, 9.17) is 0 Å². The molecule has 1 atom stereocenters. The molecule has 9 heteroatoms. The summed E-state index contributed by atoms with van der Waals surface area (Å²) in [6.45, 7) is 1.70. The van der Waals surface area contributed by atoms with E-state index in [9.17, 15) is 9.59 Å². The zero-order chi connectivity index (χ0) is 20.9. The van der Waals surface area contributed by atoms with Crippen LogP contribution in [0.3, 0.4) is 0 Å². The Morgan fingerprint density at radius 2 is 2.07 bits per heavy atom. The molecule has 0 fully saturated rings. The fraction of sp³-hybridized carbons (Fsp3) is 0.190. The van der Waals surface area contributed by atoms with E-state index in [0.29, 0.717) is 18.8 Å². The van der Waals surface area contributed by atoms with Gasteiger partial charge in [-0.2, -0.15) is 5.10 Å².